The summed E-state index contributed by atoms with van der Waals surface area (Å²) in [4.78, 5) is 12.7. The highest BCUT2D eigenvalue weighted by molar-refractivity contribution is 7.90. The van der Waals surface area contributed by atoms with Crippen LogP contribution in [0.25, 0.3) is 0 Å². The van der Waals surface area contributed by atoms with E-state index < -0.39 is 15.9 Å². The molecular formula is C18H18ClNO4S. The first kappa shape index (κ1) is 17.8. The summed E-state index contributed by atoms with van der Waals surface area (Å²) in [6.07, 6.45) is 1.04. The van der Waals surface area contributed by atoms with Crippen molar-refractivity contribution < 1.29 is 17.9 Å². The second-order valence-corrected chi connectivity index (χ2v) is 8.59. The predicted octanol–water partition coefficient (Wildman–Crippen LogP) is 2.92. The molecule has 0 spiro atoms. The zero-order valence-corrected chi connectivity index (χ0v) is 15.4. The molecule has 1 aliphatic heterocycles. The monoisotopic (exact) mass is 379 g/mol. The van der Waals surface area contributed by atoms with Crippen molar-refractivity contribution in [3.8, 4) is 5.75 Å². The zero-order valence-electron chi connectivity index (χ0n) is 13.8. The van der Waals surface area contributed by atoms with E-state index >= 15 is 0 Å². The summed E-state index contributed by atoms with van der Waals surface area (Å²) in [5, 5.41) is 3.51. The Hall–Kier alpha value is -2.05. The average Bonchev–Trinajstić information content (AvgIpc) is 2.97. The van der Waals surface area contributed by atoms with E-state index in [1.807, 2.05) is 6.92 Å². The van der Waals surface area contributed by atoms with Crippen LogP contribution in [0.3, 0.4) is 0 Å². The SMILES string of the molecule is C[C@H](NC(=O)[C@H]1Cc2cc(Cl)ccc2O1)c1ccc(S(C)(=O)=O)cc1. The molecule has 0 radical (unpaired) electrons. The molecule has 1 heterocycles. The fourth-order valence-electron chi connectivity index (χ4n) is 2.76. The van der Waals surface area contributed by atoms with Crippen LogP contribution in [0.2, 0.25) is 5.02 Å². The summed E-state index contributed by atoms with van der Waals surface area (Å²) in [7, 11) is -3.23. The fraction of sp³-hybridized carbons (Fsp3) is 0.278. The van der Waals surface area contributed by atoms with Gasteiger partial charge < -0.3 is 10.1 Å². The number of ether oxygens (including phenoxy) is 1. The van der Waals surface area contributed by atoms with E-state index in [0.717, 1.165) is 17.4 Å². The lowest BCUT2D eigenvalue weighted by molar-refractivity contribution is -0.127. The maximum Gasteiger partial charge on any atom is 0.261 e. The van der Waals surface area contributed by atoms with Crippen LogP contribution in [-0.4, -0.2) is 26.7 Å². The number of carbonyl (C=O) groups is 1. The van der Waals surface area contributed by atoms with Gasteiger partial charge in [-0.3, -0.25) is 4.79 Å². The van der Waals surface area contributed by atoms with Crippen LogP contribution >= 0.6 is 11.6 Å². The Morgan fingerprint density at radius 2 is 1.92 bits per heavy atom. The minimum Gasteiger partial charge on any atom is -0.480 e. The van der Waals surface area contributed by atoms with E-state index in [1.165, 1.54) is 12.1 Å². The Bertz CT molecular complexity index is 909. The summed E-state index contributed by atoms with van der Waals surface area (Å²) in [5.74, 6) is 0.460. The van der Waals surface area contributed by atoms with Gasteiger partial charge in [-0.25, -0.2) is 8.42 Å². The molecule has 7 heteroatoms. The van der Waals surface area contributed by atoms with Crippen molar-refractivity contribution in [1.29, 1.82) is 0 Å². The number of rotatable bonds is 4. The third kappa shape index (κ3) is 3.96. The van der Waals surface area contributed by atoms with Gasteiger partial charge in [0.15, 0.2) is 15.9 Å². The third-order valence-corrected chi connectivity index (χ3v) is 5.52. The number of fused-ring (bicyclic) bond motifs is 1. The molecular weight excluding hydrogens is 362 g/mol. The molecule has 0 saturated carbocycles. The Morgan fingerprint density at radius 1 is 1.24 bits per heavy atom. The Kier molecular flexibility index (Phi) is 4.75. The molecule has 2 atom stereocenters. The minimum absolute atomic E-state index is 0.216. The molecule has 2 aromatic carbocycles. The minimum atomic E-state index is -3.23. The van der Waals surface area contributed by atoms with Crippen LogP contribution < -0.4 is 10.1 Å². The van der Waals surface area contributed by atoms with Gasteiger partial charge in [-0.2, -0.15) is 0 Å². The molecule has 3 rings (SSSR count). The largest absolute Gasteiger partial charge is 0.480 e. The number of halogens is 1. The van der Waals surface area contributed by atoms with Gasteiger partial charge in [0.2, 0.25) is 0 Å². The number of nitrogens with one attached hydrogen (secondary N) is 1. The van der Waals surface area contributed by atoms with Crippen molar-refractivity contribution in [1.82, 2.24) is 5.32 Å². The lowest BCUT2D eigenvalue weighted by atomic mass is 10.1. The van der Waals surface area contributed by atoms with Gasteiger partial charge in [0.1, 0.15) is 5.75 Å². The van der Waals surface area contributed by atoms with Crippen LogP contribution in [0, 0.1) is 0 Å². The highest BCUT2D eigenvalue weighted by Crippen LogP contribution is 2.31. The molecule has 132 valence electrons. The van der Waals surface area contributed by atoms with E-state index in [1.54, 1.807) is 30.3 Å². The standard InChI is InChI=1S/C18H18ClNO4S/c1-11(12-3-6-15(7-4-12)25(2,22)23)20-18(21)17-10-13-9-14(19)5-8-16(13)24-17/h3-9,11,17H,10H2,1-2H3,(H,20,21)/t11-,17+/m0/s1. The lowest BCUT2D eigenvalue weighted by Crippen LogP contribution is -2.38. The van der Waals surface area contributed by atoms with E-state index in [4.69, 9.17) is 16.3 Å². The smallest absolute Gasteiger partial charge is 0.261 e. The third-order valence-electron chi connectivity index (χ3n) is 4.16. The number of benzene rings is 2. The molecule has 2 aromatic rings. The maximum atomic E-state index is 12.4. The summed E-state index contributed by atoms with van der Waals surface area (Å²) < 4.78 is 28.7. The molecule has 0 saturated heterocycles. The van der Waals surface area contributed by atoms with Crippen molar-refractivity contribution in [2.24, 2.45) is 0 Å². The first-order chi connectivity index (χ1) is 11.7. The fourth-order valence-corrected chi connectivity index (χ4v) is 3.58. The van der Waals surface area contributed by atoms with Crippen molar-refractivity contribution >= 4 is 27.3 Å². The van der Waals surface area contributed by atoms with Crippen LogP contribution in [0.1, 0.15) is 24.1 Å². The van der Waals surface area contributed by atoms with Gasteiger partial charge in [-0.1, -0.05) is 23.7 Å². The molecule has 1 N–H and O–H groups in total. The second-order valence-electron chi connectivity index (χ2n) is 6.13. The van der Waals surface area contributed by atoms with E-state index in [0.29, 0.717) is 17.2 Å². The topological polar surface area (TPSA) is 72.5 Å². The van der Waals surface area contributed by atoms with Gasteiger partial charge in [0.25, 0.3) is 5.91 Å². The van der Waals surface area contributed by atoms with Gasteiger partial charge in [0, 0.05) is 17.7 Å². The number of carbonyl (C=O) groups excluding carboxylic acids is 1. The van der Waals surface area contributed by atoms with Gasteiger partial charge in [0.05, 0.1) is 10.9 Å². The zero-order chi connectivity index (χ0) is 18.2. The Balaban J connectivity index is 1.65. The summed E-state index contributed by atoms with van der Waals surface area (Å²) >= 11 is 5.96. The summed E-state index contributed by atoms with van der Waals surface area (Å²) in [6.45, 7) is 1.84. The van der Waals surface area contributed by atoms with Gasteiger partial charge in [-0.15, -0.1) is 0 Å². The van der Waals surface area contributed by atoms with E-state index in [-0.39, 0.29) is 16.8 Å². The Morgan fingerprint density at radius 3 is 2.56 bits per heavy atom. The molecule has 0 aliphatic carbocycles. The lowest BCUT2D eigenvalue weighted by Gasteiger charge is -2.17. The van der Waals surface area contributed by atoms with E-state index in [9.17, 15) is 13.2 Å². The number of hydrogen-bond acceptors (Lipinski definition) is 4. The molecule has 1 aliphatic rings. The summed E-state index contributed by atoms with van der Waals surface area (Å²) in [6, 6.07) is 11.5. The van der Waals surface area contributed by atoms with E-state index in [2.05, 4.69) is 5.32 Å². The van der Waals surface area contributed by atoms with Crippen molar-refractivity contribution in [3.05, 3.63) is 58.6 Å². The first-order valence-corrected chi connectivity index (χ1v) is 10.1. The van der Waals surface area contributed by atoms with Crippen molar-refractivity contribution in [2.45, 2.75) is 30.4 Å². The molecule has 5 nitrogen and oxygen atoms in total. The average molecular weight is 380 g/mol. The number of amides is 1. The van der Waals surface area contributed by atoms with Crippen molar-refractivity contribution in [2.75, 3.05) is 6.26 Å². The molecule has 0 bridgehead atoms. The highest BCUT2D eigenvalue weighted by Gasteiger charge is 2.30. The molecule has 0 unspecified atom stereocenters. The normalized spacial score (nSPS) is 17.5. The van der Waals surface area contributed by atoms with Gasteiger partial charge >= 0.3 is 0 Å². The number of sulfone groups is 1. The van der Waals surface area contributed by atoms with Crippen molar-refractivity contribution in [3.63, 3.8) is 0 Å². The highest BCUT2D eigenvalue weighted by atomic mass is 35.5. The maximum absolute atomic E-state index is 12.4. The first-order valence-electron chi connectivity index (χ1n) is 7.79. The number of hydrogen-bond donors (Lipinski definition) is 1. The predicted molar refractivity (Wildman–Crippen MR) is 95.7 cm³/mol. The molecule has 25 heavy (non-hydrogen) atoms. The van der Waals surface area contributed by atoms with Gasteiger partial charge in [-0.05, 0) is 48.4 Å². The molecule has 1 amide bonds. The van der Waals surface area contributed by atoms with Crippen LogP contribution in [0.5, 0.6) is 5.75 Å². The van der Waals surface area contributed by atoms with Crippen LogP contribution in [-0.2, 0) is 21.1 Å². The molecule has 0 aromatic heterocycles. The van der Waals surface area contributed by atoms with Crippen LogP contribution in [0.15, 0.2) is 47.4 Å². The van der Waals surface area contributed by atoms with Crippen LogP contribution in [0.4, 0.5) is 0 Å². The second kappa shape index (κ2) is 6.69. The quantitative estimate of drug-likeness (QED) is 0.886. The Labute approximate surface area is 151 Å². The molecule has 0 fully saturated rings. The summed E-state index contributed by atoms with van der Waals surface area (Å²) in [5.41, 5.74) is 1.73.